The van der Waals surface area contributed by atoms with Gasteiger partial charge in [-0.05, 0) is 0 Å². The van der Waals surface area contributed by atoms with Crippen molar-refractivity contribution in [2.45, 2.75) is 107 Å². The Morgan fingerprint density at radius 2 is 0.364 bits per heavy atom. The summed E-state index contributed by atoms with van der Waals surface area (Å²) in [6.45, 7) is 0. The molecule has 0 radical (unpaired) electrons. The van der Waals surface area contributed by atoms with Crippen LogP contribution in [0.1, 0.15) is 0 Å². The van der Waals surface area contributed by atoms with Crippen molar-refractivity contribution in [3.63, 3.8) is 0 Å². The number of nitrogens with zero attached hydrogens (tertiary/aromatic N) is 1. The average molecular weight is 1080 g/mol. The summed E-state index contributed by atoms with van der Waals surface area (Å²) >= 11 is 0. The highest BCUT2D eigenvalue weighted by atomic mass is 19.4. The predicted octanol–water partition coefficient (Wildman–Crippen LogP) is 11.4. The third kappa shape index (κ3) is 7.38. The molecule has 390 valence electrons. The van der Waals surface area contributed by atoms with E-state index in [0.29, 0.717) is 0 Å². The van der Waals surface area contributed by atoms with Gasteiger partial charge in [-0.15, -0.1) is 0 Å². The van der Waals surface area contributed by atoms with E-state index in [2.05, 4.69) is 5.73 Å². The second-order valence-corrected chi connectivity index (χ2v) is 12.0. The van der Waals surface area contributed by atoms with Gasteiger partial charge in [0.25, 0.3) is 0 Å². The van der Waals surface area contributed by atoms with Crippen LogP contribution in [-0.4, -0.2) is 135 Å². The quantitative estimate of drug-likeness (QED) is 0.0566. The Morgan fingerprint density at radius 3 is 0.530 bits per heavy atom. The molecule has 66 heavy (non-hydrogen) atoms. The van der Waals surface area contributed by atoms with Gasteiger partial charge in [-0.2, -0.15) is 167 Å². The molecule has 6 N–H and O–H groups in total. The number of hydrogen-bond donors (Lipinski definition) is 5. The molecule has 0 aliphatic heterocycles. The van der Waals surface area contributed by atoms with Crippen LogP contribution in [0.3, 0.4) is 0 Å². The van der Waals surface area contributed by atoms with E-state index in [1.54, 1.807) is 0 Å². The fourth-order valence-corrected chi connectivity index (χ4v) is 3.70. The number of halogens is 38. The van der Waals surface area contributed by atoms with Crippen molar-refractivity contribution >= 4 is 23.3 Å². The monoisotopic (exact) mass is 1080 g/mol. The molecule has 0 aromatic carbocycles. The molecule has 0 bridgehead atoms. The first-order chi connectivity index (χ1) is 27.8. The molecule has 0 aliphatic carbocycles. The standard InChI is InChI=1S/C22H6F38N6/c23-5(24,1(61)62)9(31,32)10(33,34)6(25,26)2(63)66(3(64)7(27,28)11(35,36)13(39,40)15(43,44)17(47,48)19(51,52)21(55,56)57)4(65)8(29,30)12(37,38)14(41,42)16(45,46)18(49,50)20(53,54)22(58,59)60/h63-65H,(H3,61,62). The molecule has 0 rings (SSSR count). The Labute approximate surface area is 331 Å². The van der Waals surface area contributed by atoms with E-state index in [-0.39, 0.29) is 0 Å². The van der Waals surface area contributed by atoms with Crippen molar-refractivity contribution in [3.05, 3.63) is 0 Å². The summed E-state index contributed by atoms with van der Waals surface area (Å²) in [6, 6.07) is 0. The van der Waals surface area contributed by atoms with Gasteiger partial charge in [-0.25, -0.2) is 0 Å². The lowest BCUT2D eigenvalue weighted by molar-refractivity contribution is -0.449. The van der Waals surface area contributed by atoms with Crippen LogP contribution in [0, 0.1) is 21.6 Å². The molecule has 6 nitrogen and oxygen atoms in total. The molecule has 0 aliphatic rings. The number of alkyl halides is 38. The molecule has 0 atom stereocenters. The third-order valence-corrected chi connectivity index (χ3v) is 7.74. The summed E-state index contributed by atoms with van der Waals surface area (Å²) in [7, 11) is 0. The van der Waals surface area contributed by atoms with Gasteiger partial charge in [0.15, 0.2) is 23.3 Å². The Kier molecular flexibility index (Phi) is 14.3. The van der Waals surface area contributed by atoms with Crippen LogP contribution >= 0.6 is 0 Å². The summed E-state index contributed by atoms with van der Waals surface area (Å²) in [5.74, 6) is -171. The Hall–Kier alpha value is -4.38. The molecule has 0 heterocycles. The second-order valence-electron chi connectivity index (χ2n) is 12.0. The van der Waals surface area contributed by atoms with E-state index in [1.165, 1.54) is 0 Å². The van der Waals surface area contributed by atoms with Gasteiger partial charge in [-0.1, -0.05) is 0 Å². The lowest BCUT2D eigenvalue weighted by Crippen LogP contribution is -2.77. The molecular formula is C22H6F38N6. The molecule has 0 saturated carbocycles. The Balaban J connectivity index is 8.87. The van der Waals surface area contributed by atoms with Crippen molar-refractivity contribution in [2.24, 2.45) is 5.73 Å². The second kappa shape index (κ2) is 15.3. The minimum Gasteiger partial charge on any atom is -0.382 e. The van der Waals surface area contributed by atoms with Crippen LogP contribution in [0.2, 0.25) is 0 Å². The summed E-state index contributed by atoms with van der Waals surface area (Å²) in [6.07, 6.45) is -17.0. The number of rotatable bonds is 17. The first-order valence-electron chi connectivity index (χ1n) is 13.9. The van der Waals surface area contributed by atoms with Crippen molar-refractivity contribution < 1.29 is 167 Å². The summed E-state index contributed by atoms with van der Waals surface area (Å²) < 4.78 is 523. The molecule has 44 heteroatoms. The van der Waals surface area contributed by atoms with Crippen LogP contribution in [0.25, 0.3) is 0 Å². The number of nitrogens with two attached hydrogens (primary N) is 1. The first kappa shape index (κ1) is 61.6. The largest absolute Gasteiger partial charge is 0.460 e. The number of nitrogens with one attached hydrogen (secondary N) is 4. The van der Waals surface area contributed by atoms with Crippen molar-refractivity contribution in [1.29, 1.82) is 21.6 Å². The number of amidine groups is 4. The lowest BCUT2D eigenvalue weighted by atomic mass is 9.89. The Morgan fingerprint density at radius 1 is 0.227 bits per heavy atom. The summed E-state index contributed by atoms with van der Waals surface area (Å²) in [5.41, 5.74) is 3.64. The predicted molar refractivity (Wildman–Crippen MR) is 128 cm³/mol. The van der Waals surface area contributed by atoms with Crippen molar-refractivity contribution in [1.82, 2.24) is 4.90 Å². The maximum Gasteiger partial charge on any atom is 0.460 e. The zero-order valence-corrected chi connectivity index (χ0v) is 28.4. The molecule has 0 saturated heterocycles. The van der Waals surface area contributed by atoms with E-state index >= 15 is 0 Å². The van der Waals surface area contributed by atoms with Gasteiger partial charge in [0, 0.05) is 0 Å². The highest BCUT2D eigenvalue weighted by Gasteiger charge is 2.96. The molecule has 0 aromatic rings. The minimum absolute atomic E-state index is 3.64. The lowest BCUT2D eigenvalue weighted by Gasteiger charge is -2.45. The summed E-state index contributed by atoms with van der Waals surface area (Å²) in [4.78, 5) is -4.66. The van der Waals surface area contributed by atoms with Gasteiger partial charge in [0.2, 0.25) is 0 Å². The maximum atomic E-state index is 14.8. The average Bonchev–Trinajstić information content (AvgIpc) is 3.08. The molecule has 0 unspecified atom stereocenters. The third-order valence-electron chi connectivity index (χ3n) is 7.74. The maximum absolute atomic E-state index is 14.8. The van der Waals surface area contributed by atoms with Crippen molar-refractivity contribution in [2.75, 3.05) is 0 Å². The van der Waals surface area contributed by atoms with E-state index in [9.17, 15) is 167 Å². The van der Waals surface area contributed by atoms with Crippen LogP contribution < -0.4 is 5.73 Å². The van der Waals surface area contributed by atoms with E-state index in [4.69, 9.17) is 21.6 Å². The molecule has 0 spiro atoms. The van der Waals surface area contributed by atoms with Gasteiger partial charge < -0.3 is 5.73 Å². The SMILES string of the molecule is N=C(N)C(F)(F)C(F)(F)C(F)(F)C(F)(F)C(=N)N(C(=N)C(F)(F)C(F)(F)C(F)(F)C(F)(F)C(F)(F)C(F)(F)C(F)(F)F)C(=N)C(F)(F)C(F)(F)C(F)(F)C(F)(F)C(F)(F)C(F)(F)C(F)(F)F. The van der Waals surface area contributed by atoms with E-state index < -0.39 is 135 Å². The van der Waals surface area contributed by atoms with Crippen LogP contribution in [0.15, 0.2) is 0 Å². The highest BCUT2D eigenvalue weighted by Crippen LogP contribution is 2.65. The van der Waals surface area contributed by atoms with Gasteiger partial charge in [0.05, 0.1) is 0 Å². The topological polar surface area (TPSA) is 125 Å². The molecule has 0 aromatic heterocycles. The molecule has 0 fully saturated rings. The fraction of sp³-hybridized carbons (Fsp3) is 0.818. The minimum atomic E-state index is -9.87. The zero-order valence-electron chi connectivity index (χ0n) is 28.4. The highest BCUT2D eigenvalue weighted by molar-refractivity contribution is 6.19. The summed E-state index contributed by atoms with van der Waals surface area (Å²) in [5, 5.41) is 25.2. The Bertz CT molecular complexity index is 1800. The first-order valence-corrected chi connectivity index (χ1v) is 13.9. The molecule has 0 amide bonds. The van der Waals surface area contributed by atoms with Gasteiger partial charge in [0.1, 0.15) is 0 Å². The molecular weight excluding hydrogens is 1070 g/mol. The smallest absolute Gasteiger partial charge is 0.382 e. The fourth-order valence-electron chi connectivity index (χ4n) is 3.70. The normalized spacial score (nSPS) is 16.3. The van der Waals surface area contributed by atoms with E-state index in [1.807, 2.05) is 0 Å². The van der Waals surface area contributed by atoms with Gasteiger partial charge in [-0.3, -0.25) is 26.5 Å². The van der Waals surface area contributed by atoms with Crippen molar-refractivity contribution in [3.8, 4) is 0 Å². The van der Waals surface area contributed by atoms with Gasteiger partial charge >= 0.3 is 107 Å². The van der Waals surface area contributed by atoms with Crippen LogP contribution in [-0.2, 0) is 0 Å². The van der Waals surface area contributed by atoms with E-state index in [0.717, 1.165) is 0 Å². The number of hydrogen-bond acceptors (Lipinski definition) is 4. The zero-order chi connectivity index (χ0) is 54.9. The van der Waals surface area contributed by atoms with Crippen LogP contribution in [0.4, 0.5) is 167 Å². The van der Waals surface area contributed by atoms with Crippen LogP contribution in [0.5, 0.6) is 0 Å².